The Labute approximate surface area is 115 Å². The molecular weight excluding hydrogens is 252 g/mol. The monoisotopic (exact) mass is 264 g/mol. The lowest BCUT2D eigenvalue weighted by Crippen LogP contribution is -2.16. The van der Waals surface area contributed by atoms with Gasteiger partial charge >= 0.3 is 0 Å². The molecule has 0 saturated carbocycles. The molecular formula is C15H12N4O. The molecule has 5 nitrogen and oxygen atoms in total. The van der Waals surface area contributed by atoms with Gasteiger partial charge in [0.05, 0.1) is 12.5 Å². The summed E-state index contributed by atoms with van der Waals surface area (Å²) in [5.74, 6) is -0.211. The zero-order valence-electron chi connectivity index (χ0n) is 10.6. The van der Waals surface area contributed by atoms with Crippen LogP contribution in [0.3, 0.4) is 0 Å². The van der Waals surface area contributed by atoms with Crippen molar-refractivity contribution < 1.29 is 4.79 Å². The molecule has 1 amide bonds. The Morgan fingerprint density at radius 3 is 2.50 bits per heavy atom. The molecule has 0 aliphatic heterocycles. The highest BCUT2D eigenvalue weighted by molar-refractivity contribution is 6.03. The molecule has 3 aromatic rings. The number of benzene rings is 1. The maximum Gasteiger partial charge on any atom is 0.274 e. The van der Waals surface area contributed by atoms with Gasteiger partial charge in [-0.3, -0.25) is 14.3 Å². The van der Waals surface area contributed by atoms with Crippen LogP contribution in [-0.2, 0) is 0 Å². The van der Waals surface area contributed by atoms with Crippen molar-refractivity contribution in [3.8, 4) is 5.69 Å². The maximum absolute atomic E-state index is 12.3. The molecule has 2 heterocycles. The predicted octanol–water partition coefficient (Wildman–Crippen LogP) is 2.52. The summed E-state index contributed by atoms with van der Waals surface area (Å²) in [5, 5.41) is 2.81. The number of hydrogen-bond donors (Lipinski definition) is 1. The summed E-state index contributed by atoms with van der Waals surface area (Å²) in [6.07, 6.45) is 6.43. The van der Waals surface area contributed by atoms with E-state index in [1.807, 2.05) is 30.3 Å². The molecule has 0 fully saturated rings. The molecule has 0 spiro atoms. The van der Waals surface area contributed by atoms with E-state index in [2.05, 4.69) is 15.3 Å². The van der Waals surface area contributed by atoms with Crippen molar-refractivity contribution in [2.45, 2.75) is 0 Å². The molecule has 3 rings (SSSR count). The van der Waals surface area contributed by atoms with E-state index >= 15 is 0 Å². The second kappa shape index (κ2) is 5.36. The van der Waals surface area contributed by atoms with Crippen LogP contribution in [0.2, 0.25) is 0 Å². The average molecular weight is 264 g/mol. The second-order valence-corrected chi connectivity index (χ2v) is 4.17. The standard InChI is InChI=1S/C15H12N4O/c20-15(18-12-6-8-16-9-7-12)14-10-17-11-19(14)13-4-2-1-3-5-13/h1-11H,(H,16,18,20). The van der Waals surface area contributed by atoms with E-state index in [9.17, 15) is 4.79 Å². The molecule has 0 bridgehead atoms. The fraction of sp³-hybridized carbons (Fsp3) is 0. The Hall–Kier alpha value is -2.95. The summed E-state index contributed by atoms with van der Waals surface area (Å²) in [4.78, 5) is 20.2. The molecule has 0 atom stereocenters. The van der Waals surface area contributed by atoms with Crippen molar-refractivity contribution in [3.05, 3.63) is 73.1 Å². The molecule has 0 radical (unpaired) electrons. The summed E-state index contributed by atoms with van der Waals surface area (Å²) in [6.45, 7) is 0. The Morgan fingerprint density at radius 2 is 1.75 bits per heavy atom. The lowest BCUT2D eigenvalue weighted by atomic mass is 10.3. The van der Waals surface area contributed by atoms with Gasteiger partial charge in [-0.2, -0.15) is 0 Å². The first kappa shape index (κ1) is 12.1. The summed E-state index contributed by atoms with van der Waals surface area (Å²) in [7, 11) is 0. The molecule has 5 heteroatoms. The first-order chi connectivity index (χ1) is 9.84. The Bertz CT molecular complexity index is 707. The van der Waals surface area contributed by atoms with Crippen LogP contribution in [0.5, 0.6) is 0 Å². The van der Waals surface area contributed by atoms with Crippen LogP contribution in [0.4, 0.5) is 5.69 Å². The third-order valence-electron chi connectivity index (χ3n) is 2.84. The van der Waals surface area contributed by atoms with Gasteiger partial charge in [0.2, 0.25) is 0 Å². The summed E-state index contributed by atoms with van der Waals surface area (Å²) in [5.41, 5.74) is 2.07. The average Bonchev–Trinajstić information content (AvgIpc) is 2.99. The number of nitrogens with zero attached hydrogens (tertiary/aromatic N) is 3. The maximum atomic E-state index is 12.3. The van der Waals surface area contributed by atoms with E-state index < -0.39 is 0 Å². The van der Waals surface area contributed by atoms with Crippen LogP contribution in [0, 0.1) is 0 Å². The van der Waals surface area contributed by atoms with E-state index in [1.165, 1.54) is 0 Å². The van der Waals surface area contributed by atoms with Crippen LogP contribution < -0.4 is 5.32 Å². The topological polar surface area (TPSA) is 59.8 Å². The van der Waals surface area contributed by atoms with Gasteiger partial charge in [-0.1, -0.05) is 18.2 Å². The largest absolute Gasteiger partial charge is 0.321 e. The Morgan fingerprint density at radius 1 is 1.00 bits per heavy atom. The number of hydrogen-bond acceptors (Lipinski definition) is 3. The first-order valence-electron chi connectivity index (χ1n) is 6.14. The third kappa shape index (κ3) is 2.42. The number of imidazole rings is 1. The van der Waals surface area contributed by atoms with E-state index in [0.717, 1.165) is 5.69 Å². The molecule has 0 aliphatic rings. The fourth-order valence-electron chi connectivity index (χ4n) is 1.89. The number of para-hydroxylation sites is 1. The van der Waals surface area contributed by atoms with Crippen LogP contribution in [-0.4, -0.2) is 20.4 Å². The van der Waals surface area contributed by atoms with Crippen molar-refractivity contribution in [2.24, 2.45) is 0 Å². The van der Waals surface area contributed by atoms with Gasteiger partial charge in [0, 0.05) is 23.8 Å². The van der Waals surface area contributed by atoms with E-state index in [0.29, 0.717) is 11.4 Å². The summed E-state index contributed by atoms with van der Waals surface area (Å²) in [6, 6.07) is 13.1. The van der Waals surface area contributed by atoms with Gasteiger partial charge in [0.1, 0.15) is 5.69 Å². The number of carbonyl (C=O) groups excluding carboxylic acids is 1. The van der Waals surface area contributed by atoms with E-state index in [1.54, 1.807) is 41.6 Å². The number of anilines is 1. The predicted molar refractivity (Wildman–Crippen MR) is 75.8 cm³/mol. The number of pyridine rings is 1. The molecule has 0 aliphatic carbocycles. The Balaban J connectivity index is 1.88. The van der Waals surface area contributed by atoms with Gasteiger partial charge in [-0.05, 0) is 24.3 Å². The van der Waals surface area contributed by atoms with Gasteiger partial charge in [-0.15, -0.1) is 0 Å². The molecule has 2 aromatic heterocycles. The van der Waals surface area contributed by atoms with Crippen LogP contribution in [0.1, 0.15) is 10.5 Å². The minimum Gasteiger partial charge on any atom is -0.321 e. The fourth-order valence-corrected chi connectivity index (χ4v) is 1.89. The highest BCUT2D eigenvalue weighted by Crippen LogP contribution is 2.13. The number of amides is 1. The SMILES string of the molecule is O=C(Nc1ccncc1)c1cncn1-c1ccccc1. The Kier molecular flexibility index (Phi) is 3.24. The first-order valence-corrected chi connectivity index (χ1v) is 6.14. The molecule has 1 N–H and O–H groups in total. The van der Waals surface area contributed by atoms with Crippen molar-refractivity contribution in [1.82, 2.24) is 14.5 Å². The highest BCUT2D eigenvalue weighted by Gasteiger charge is 2.12. The lowest BCUT2D eigenvalue weighted by molar-refractivity contribution is 0.102. The number of carbonyl (C=O) groups is 1. The molecule has 98 valence electrons. The third-order valence-corrected chi connectivity index (χ3v) is 2.84. The molecule has 1 aromatic carbocycles. The van der Waals surface area contributed by atoms with Crippen LogP contribution in [0.15, 0.2) is 67.4 Å². The van der Waals surface area contributed by atoms with E-state index in [-0.39, 0.29) is 5.91 Å². The zero-order chi connectivity index (χ0) is 13.8. The normalized spacial score (nSPS) is 10.2. The zero-order valence-corrected chi connectivity index (χ0v) is 10.6. The summed E-state index contributed by atoms with van der Waals surface area (Å²) >= 11 is 0. The number of aromatic nitrogens is 3. The van der Waals surface area contributed by atoms with Crippen molar-refractivity contribution in [2.75, 3.05) is 5.32 Å². The lowest BCUT2D eigenvalue weighted by Gasteiger charge is -2.08. The smallest absolute Gasteiger partial charge is 0.274 e. The number of nitrogens with one attached hydrogen (secondary N) is 1. The number of rotatable bonds is 3. The van der Waals surface area contributed by atoms with Crippen LogP contribution in [0.25, 0.3) is 5.69 Å². The minimum absolute atomic E-state index is 0.211. The van der Waals surface area contributed by atoms with Gasteiger partial charge < -0.3 is 5.32 Å². The van der Waals surface area contributed by atoms with Gasteiger partial charge in [-0.25, -0.2) is 4.98 Å². The highest BCUT2D eigenvalue weighted by atomic mass is 16.2. The van der Waals surface area contributed by atoms with Gasteiger partial charge in [0.25, 0.3) is 5.91 Å². The van der Waals surface area contributed by atoms with Crippen LogP contribution >= 0.6 is 0 Å². The van der Waals surface area contributed by atoms with Crippen molar-refractivity contribution in [1.29, 1.82) is 0 Å². The van der Waals surface area contributed by atoms with E-state index in [4.69, 9.17) is 0 Å². The van der Waals surface area contributed by atoms with Crippen molar-refractivity contribution in [3.63, 3.8) is 0 Å². The minimum atomic E-state index is -0.211. The quantitative estimate of drug-likeness (QED) is 0.790. The second-order valence-electron chi connectivity index (χ2n) is 4.17. The summed E-state index contributed by atoms with van der Waals surface area (Å²) < 4.78 is 1.75. The molecule has 0 saturated heterocycles. The van der Waals surface area contributed by atoms with Crippen molar-refractivity contribution >= 4 is 11.6 Å². The van der Waals surface area contributed by atoms with Gasteiger partial charge in [0.15, 0.2) is 0 Å². The molecule has 0 unspecified atom stereocenters. The molecule has 20 heavy (non-hydrogen) atoms.